The molecule has 3 N–H and O–H groups in total. The van der Waals surface area contributed by atoms with E-state index in [-0.39, 0.29) is 23.5 Å². The van der Waals surface area contributed by atoms with Crippen LogP contribution in [-0.4, -0.2) is 44.9 Å². The Morgan fingerprint density at radius 2 is 1.87 bits per heavy atom. The number of benzene rings is 1. The van der Waals surface area contributed by atoms with Crippen molar-refractivity contribution in [2.75, 3.05) is 13.2 Å². The van der Waals surface area contributed by atoms with Gasteiger partial charge in [0.05, 0.1) is 43.5 Å². The van der Waals surface area contributed by atoms with Crippen LogP contribution in [-0.2, 0) is 11.2 Å². The number of nitrogens with one attached hydrogen (secondary N) is 2. The second kappa shape index (κ2) is 9.62. The van der Waals surface area contributed by atoms with Crippen molar-refractivity contribution in [3.8, 4) is 11.3 Å². The van der Waals surface area contributed by atoms with E-state index in [1.54, 1.807) is 12.4 Å². The highest BCUT2D eigenvalue weighted by atomic mass is 16.3. The SMILES string of the molecule is O=C(Cc1ccncc1)NCNCC1C2CC3CC1CC(C(O)CC1c4ccccc4-c4cncn41)(C3)C2. The number of fused-ring (bicyclic) bond motifs is 3. The number of nitrogens with zero attached hydrogens (tertiary/aromatic N) is 3. The van der Waals surface area contributed by atoms with Crippen LogP contribution in [0.5, 0.6) is 0 Å². The molecule has 0 saturated heterocycles. The van der Waals surface area contributed by atoms with Crippen LogP contribution in [0.3, 0.4) is 0 Å². The van der Waals surface area contributed by atoms with E-state index in [1.807, 2.05) is 24.7 Å². The van der Waals surface area contributed by atoms with Gasteiger partial charge in [-0.05, 0) is 90.9 Å². The van der Waals surface area contributed by atoms with Crippen LogP contribution in [0, 0.1) is 29.1 Å². The molecule has 1 amide bonds. The molecule has 3 aromatic rings. The van der Waals surface area contributed by atoms with Crippen molar-refractivity contribution >= 4 is 5.91 Å². The van der Waals surface area contributed by atoms with E-state index in [9.17, 15) is 9.90 Å². The molecule has 4 aliphatic carbocycles. The Morgan fingerprint density at radius 3 is 2.68 bits per heavy atom. The topological polar surface area (TPSA) is 92.1 Å². The Morgan fingerprint density at radius 1 is 1.08 bits per heavy atom. The molecule has 1 aromatic carbocycles. The van der Waals surface area contributed by atoms with Gasteiger partial charge in [-0.2, -0.15) is 0 Å². The second-order valence-electron chi connectivity index (χ2n) is 12.3. The molecule has 4 bridgehead atoms. The normalized spacial score (nSPS) is 31.1. The number of pyridine rings is 1. The molecular formula is C31H37N5O2. The first-order valence-corrected chi connectivity index (χ1v) is 14.3. The Kier molecular flexibility index (Phi) is 6.08. The van der Waals surface area contributed by atoms with E-state index in [4.69, 9.17) is 0 Å². The zero-order valence-electron chi connectivity index (χ0n) is 21.8. The van der Waals surface area contributed by atoms with Crippen molar-refractivity contribution in [3.63, 3.8) is 0 Å². The molecule has 7 nitrogen and oxygen atoms in total. The van der Waals surface area contributed by atoms with Gasteiger partial charge >= 0.3 is 0 Å². The number of aromatic nitrogens is 3. The van der Waals surface area contributed by atoms with Gasteiger partial charge in [-0.15, -0.1) is 0 Å². The van der Waals surface area contributed by atoms with Crippen molar-refractivity contribution in [3.05, 3.63) is 72.4 Å². The van der Waals surface area contributed by atoms with Crippen molar-refractivity contribution in [1.29, 1.82) is 0 Å². The van der Waals surface area contributed by atoms with Gasteiger partial charge in [-0.1, -0.05) is 24.3 Å². The molecule has 4 saturated carbocycles. The number of amides is 1. The molecule has 4 fully saturated rings. The van der Waals surface area contributed by atoms with Crippen LogP contribution >= 0.6 is 0 Å². The number of carbonyl (C=O) groups is 1. The van der Waals surface area contributed by atoms with Crippen molar-refractivity contribution in [2.24, 2.45) is 29.1 Å². The Hall–Kier alpha value is -3.03. The lowest BCUT2D eigenvalue weighted by molar-refractivity contribution is -0.149. The molecule has 198 valence electrons. The summed E-state index contributed by atoms with van der Waals surface area (Å²) in [4.78, 5) is 20.7. The second-order valence-corrected chi connectivity index (χ2v) is 12.3. The minimum Gasteiger partial charge on any atom is -0.392 e. The van der Waals surface area contributed by atoms with E-state index in [1.165, 1.54) is 36.1 Å². The summed E-state index contributed by atoms with van der Waals surface area (Å²) in [5.74, 6) is 2.74. The van der Waals surface area contributed by atoms with Gasteiger partial charge in [0.1, 0.15) is 0 Å². The largest absolute Gasteiger partial charge is 0.392 e. The lowest BCUT2D eigenvalue weighted by Crippen LogP contribution is -2.57. The van der Waals surface area contributed by atoms with Crippen LogP contribution in [0.2, 0.25) is 0 Å². The maximum Gasteiger partial charge on any atom is 0.225 e. The summed E-state index contributed by atoms with van der Waals surface area (Å²) in [5, 5.41) is 18.4. The predicted octanol–water partition coefficient (Wildman–Crippen LogP) is 3.95. The summed E-state index contributed by atoms with van der Waals surface area (Å²) in [6, 6.07) is 12.5. The van der Waals surface area contributed by atoms with Crippen LogP contribution in [0.25, 0.3) is 11.3 Å². The van der Waals surface area contributed by atoms with Gasteiger partial charge in [0.2, 0.25) is 5.91 Å². The average Bonchev–Trinajstić information content (AvgIpc) is 3.50. The summed E-state index contributed by atoms with van der Waals surface area (Å²) < 4.78 is 2.27. The predicted molar refractivity (Wildman–Crippen MR) is 145 cm³/mol. The van der Waals surface area contributed by atoms with Crippen LogP contribution < -0.4 is 10.6 Å². The van der Waals surface area contributed by atoms with Crippen molar-refractivity contribution in [1.82, 2.24) is 25.2 Å². The van der Waals surface area contributed by atoms with Crippen LogP contribution in [0.1, 0.15) is 55.7 Å². The number of hydrogen-bond acceptors (Lipinski definition) is 5. The molecule has 7 heteroatoms. The molecule has 4 atom stereocenters. The summed E-state index contributed by atoms with van der Waals surface area (Å²) >= 11 is 0. The van der Waals surface area contributed by atoms with Crippen LogP contribution in [0.4, 0.5) is 0 Å². The first kappa shape index (κ1) is 24.0. The molecule has 0 spiro atoms. The van der Waals surface area contributed by atoms with E-state index in [0.717, 1.165) is 37.3 Å². The van der Waals surface area contributed by atoms with Crippen molar-refractivity contribution in [2.45, 2.75) is 57.1 Å². The lowest BCUT2D eigenvalue weighted by atomic mass is 9.44. The quantitative estimate of drug-likeness (QED) is 0.299. The van der Waals surface area contributed by atoms with E-state index < -0.39 is 0 Å². The fraction of sp³-hybridized carbons (Fsp3) is 0.516. The van der Waals surface area contributed by atoms with Gasteiger partial charge in [-0.3, -0.25) is 15.1 Å². The first-order chi connectivity index (χ1) is 18.6. The Bertz CT molecular complexity index is 1290. The lowest BCUT2D eigenvalue weighted by Gasteiger charge is -2.62. The fourth-order valence-corrected chi connectivity index (χ4v) is 8.72. The van der Waals surface area contributed by atoms with Gasteiger partial charge in [0.25, 0.3) is 0 Å². The Balaban J connectivity index is 0.971. The molecule has 5 aliphatic rings. The maximum atomic E-state index is 12.3. The van der Waals surface area contributed by atoms with Gasteiger partial charge in [0, 0.05) is 24.5 Å². The molecular weight excluding hydrogens is 474 g/mol. The summed E-state index contributed by atoms with van der Waals surface area (Å²) in [6.07, 6.45) is 14.2. The Labute approximate surface area is 224 Å². The minimum absolute atomic E-state index is 0.0328. The maximum absolute atomic E-state index is 12.3. The third-order valence-corrected chi connectivity index (χ3v) is 10.2. The number of carbonyl (C=O) groups excluding carboxylic acids is 1. The zero-order valence-corrected chi connectivity index (χ0v) is 21.8. The number of aliphatic hydroxyl groups is 1. The first-order valence-electron chi connectivity index (χ1n) is 14.3. The molecule has 38 heavy (non-hydrogen) atoms. The van der Waals surface area contributed by atoms with Crippen molar-refractivity contribution < 1.29 is 9.90 Å². The highest BCUT2D eigenvalue weighted by molar-refractivity contribution is 5.78. The monoisotopic (exact) mass is 511 g/mol. The summed E-state index contributed by atoms with van der Waals surface area (Å²) in [6.45, 7) is 1.45. The molecule has 4 unspecified atom stereocenters. The molecule has 2 aromatic heterocycles. The summed E-state index contributed by atoms with van der Waals surface area (Å²) in [7, 11) is 0. The van der Waals surface area contributed by atoms with E-state index in [2.05, 4.69) is 49.4 Å². The molecule has 0 radical (unpaired) electrons. The van der Waals surface area contributed by atoms with Gasteiger partial charge < -0.3 is 15.0 Å². The van der Waals surface area contributed by atoms with E-state index >= 15 is 0 Å². The fourth-order valence-electron chi connectivity index (χ4n) is 8.72. The number of hydrogen-bond donors (Lipinski definition) is 3. The number of aliphatic hydroxyl groups excluding tert-OH is 1. The average molecular weight is 512 g/mol. The molecule has 1 aliphatic heterocycles. The number of rotatable bonds is 9. The van der Waals surface area contributed by atoms with Gasteiger partial charge in [-0.25, -0.2) is 4.98 Å². The number of imidazole rings is 1. The van der Waals surface area contributed by atoms with Crippen LogP contribution in [0.15, 0.2) is 61.3 Å². The summed E-state index contributed by atoms with van der Waals surface area (Å²) in [5.41, 5.74) is 4.77. The third kappa shape index (κ3) is 4.16. The zero-order chi connectivity index (χ0) is 25.7. The highest BCUT2D eigenvalue weighted by Gasteiger charge is 2.57. The smallest absolute Gasteiger partial charge is 0.225 e. The molecule has 3 heterocycles. The third-order valence-electron chi connectivity index (χ3n) is 10.2. The highest BCUT2D eigenvalue weighted by Crippen LogP contribution is 2.64. The minimum atomic E-state index is -0.302. The van der Waals surface area contributed by atoms with E-state index in [0.29, 0.717) is 30.8 Å². The standard InChI is InChI=1S/C31H37N5O2/c37-29(12-27-24-3-1-2-4-25(24)28-17-34-19-36(27)28)31-13-21-9-22(14-31)26(23(10-21)15-31)16-33-18-35-30(38)11-20-5-7-32-8-6-20/h1-8,17,19,21-23,26-27,29,33,37H,9-16,18H2,(H,35,38). The van der Waals surface area contributed by atoms with Gasteiger partial charge in [0.15, 0.2) is 0 Å². The molecule has 8 rings (SSSR count).